The van der Waals surface area contributed by atoms with Crippen molar-refractivity contribution in [2.45, 2.75) is 26.0 Å². The van der Waals surface area contributed by atoms with E-state index in [9.17, 15) is 18.4 Å². The molecule has 2 aliphatic rings. The van der Waals surface area contributed by atoms with Crippen molar-refractivity contribution in [1.29, 1.82) is 0 Å². The maximum atomic E-state index is 14.8. The Hall–Kier alpha value is -3.23. The average molecular weight is 388 g/mol. The highest BCUT2D eigenvalue weighted by Gasteiger charge is 2.33. The minimum atomic E-state index is -0.743. The second-order valence-electron chi connectivity index (χ2n) is 6.78. The number of amides is 2. The van der Waals surface area contributed by atoms with E-state index in [-0.39, 0.29) is 30.2 Å². The number of nitrogens with zero attached hydrogens (tertiary/aromatic N) is 3. The number of rotatable bonds is 4. The van der Waals surface area contributed by atoms with E-state index in [2.05, 4.69) is 10.3 Å². The second-order valence-corrected chi connectivity index (χ2v) is 6.78. The van der Waals surface area contributed by atoms with E-state index in [1.807, 2.05) is 4.57 Å². The van der Waals surface area contributed by atoms with Crippen LogP contribution in [0.2, 0.25) is 0 Å². The summed E-state index contributed by atoms with van der Waals surface area (Å²) in [6.07, 6.45) is 4.20. The van der Waals surface area contributed by atoms with E-state index in [1.54, 1.807) is 18.6 Å². The Morgan fingerprint density at radius 3 is 2.82 bits per heavy atom. The van der Waals surface area contributed by atoms with Crippen LogP contribution in [0.3, 0.4) is 0 Å². The van der Waals surface area contributed by atoms with Crippen LogP contribution in [-0.2, 0) is 22.5 Å². The molecule has 7 nitrogen and oxygen atoms in total. The first kappa shape index (κ1) is 18.1. The van der Waals surface area contributed by atoms with Crippen LogP contribution in [0.5, 0.6) is 0 Å². The molecule has 4 rings (SSSR count). The number of ether oxygens (including phenoxy) is 1. The molecule has 146 valence electrons. The number of anilines is 1. The standard InChI is InChI=1S/C19H18F2N4O3/c1-11(26)23-8-15-9-25(19(27)28-15)13-5-16(20)18(17(21)6-13)12-2-3-24-10-22-7-14(24)4-12/h2,5-7,10,15H,3-4,8-9H2,1H3,(H,23,26)/t15-/m0/s1. The number of carbonyl (C=O) groups is 2. The lowest BCUT2D eigenvalue weighted by molar-refractivity contribution is -0.119. The zero-order valence-corrected chi connectivity index (χ0v) is 15.1. The highest BCUT2D eigenvalue weighted by atomic mass is 19.1. The van der Waals surface area contributed by atoms with Crippen molar-refractivity contribution in [2.24, 2.45) is 0 Å². The maximum absolute atomic E-state index is 14.8. The third-order valence-corrected chi connectivity index (χ3v) is 4.82. The average Bonchev–Trinajstić information content (AvgIpc) is 3.25. The fourth-order valence-corrected chi connectivity index (χ4v) is 3.44. The molecule has 9 heteroatoms. The number of benzene rings is 1. The van der Waals surface area contributed by atoms with Gasteiger partial charge in [0.25, 0.3) is 0 Å². The van der Waals surface area contributed by atoms with Gasteiger partial charge < -0.3 is 14.6 Å². The number of cyclic esters (lactones) is 1. The number of hydrogen-bond acceptors (Lipinski definition) is 4. The molecule has 0 spiro atoms. The van der Waals surface area contributed by atoms with Gasteiger partial charge in [0, 0.05) is 37.3 Å². The molecule has 0 aliphatic carbocycles. The van der Waals surface area contributed by atoms with Gasteiger partial charge in [-0.3, -0.25) is 9.69 Å². The third-order valence-electron chi connectivity index (χ3n) is 4.82. The Kier molecular flexibility index (Phi) is 4.58. The molecule has 2 aliphatic heterocycles. The van der Waals surface area contributed by atoms with Gasteiger partial charge in [0.1, 0.15) is 17.7 Å². The largest absolute Gasteiger partial charge is 0.442 e. The molecule has 0 saturated carbocycles. The number of hydrogen-bond donors (Lipinski definition) is 1. The number of halogens is 2. The topological polar surface area (TPSA) is 76.5 Å². The van der Waals surface area contributed by atoms with Gasteiger partial charge in [-0.05, 0) is 17.7 Å². The molecule has 1 atom stereocenters. The number of allylic oxidation sites excluding steroid dienone is 2. The summed E-state index contributed by atoms with van der Waals surface area (Å²) in [5.41, 5.74) is 1.40. The van der Waals surface area contributed by atoms with Crippen molar-refractivity contribution in [3.05, 3.63) is 53.6 Å². The molecule has 2 amide bonds. The van der Waals surface area contributed by atoms with Gasteiger partial charge >= 0.3 is 6.09 Å². The van der Waals surface area contributed by atoms with E-state index >= 15 is 0 Å². The molecule has 1 aromatic heterocycles. The lowest BCUT2D eigenvalue weighted by Gasteiger charge is -2.19. The summed E-state index contributed by atoms with van der Waals surface area (Å²) in [6.45, 7) is 2.08. The van der Waals surface area contributed by atoms with Gasteiger partial charge in [-0.2, -0.15) is 0 Å². The first-order chi connectivity index (χ1) is 13.4. The van der Waals surface area contributed by atoms with Crippen molar-refractivity contribution in [3.8, 4) is 0 Å². The van der Waals surface area contributed by atoms with E-state index in [0.717, 1.165) is 22.7 Å². The summed E-state index contributed by atoms with van der Waals surface area (Å²) in [6, 6.07) is 2.26. The Bertz CT molecular complexity index is 962. The highest BCUT2D eigenvalue weighted by Crippen LogP contribution is 2.32. The normalized spacial score (nSPS) is 18.5. The van der Waals surface area contributed by atoms with E-state index in [4.69, 9.17) is 4.74 Å². The number of nitrogens with one attached hydrogen (secondary N) is 1. The van der Waals surface area contributed by atoms with Crippen molar-refractivity contribution in [1.82, 2.24) is 14.9 Å². The Morgan fingerprint density at radius 1 is 1.36 bits per heavy atom. The van der Waals surface area contributed by atoms with Gasteiger partial charge in [-0.1, -0.05) is 6.08 Å². The Labute approximate surface area is 159 Å². The van der Waals surface area contributed by atoms with Gasteiger partial charge in [0.2, 0.25) is 5.91 Å². The molecule has 28 heavy (non-hydrogen) atoms. The summed E-state index contributed by atoms with van der Waals surface area (Å²) in [5.74, 6) is -1.74. The van der Waals surface area contributed by atoms with Crippen LogP contribution in [0, 0.1) is 11.6 Å². The molecule has 1 saturated heterocycles. The minimum absolute atomic E-state index is 0.0792. The van der Waals surface area contributed by atoms with Gasteiger partial charge in [0.15, 0.2) is 0 Å². The predicted molar refractivity (Wildman–Crippen MR) is 96.6 cm³/mol. The van der Waals surface area contributed by atoms with E-state index in [0.29, 0.717) is 18.5 Å². The molecule has 1 fully saturated rings. The number of fused-ring (bicyclic) bond motifs is 1. The third kappa shape index (κ3) is 3.35. The summed E-state index contributed by atoms with van der Waals surface area (Å²) in [7, 11) is 0. The molecule has 0 radical (unpaired) electrons. The number of aromatic nitrogens is 2. The van der Waals surface area contributed by atoms with Crippen LogP contribution in [-0.4, -0.2) is 40.7 Å². The first-order valence-electron chi connectivity index (χ1n) is 8.82. The fraction of sp³-hybridized carbons (Fsp3) is 0.316. The lowest BCUT2D eigenvalue weighted by atomic mass is 9.97. The summed E-state index contributed by atoms with van der Waals surface area (Å²) in [5, 5.41) is 2.56. The zero-order chi connectivity index (χ0) is 19.8. The molecule has 0 unspecified atom stereocenters. The zero-order valence-electron chi connectivity index (χ0n) is 15.1. The van der Waals surface area contributed by atoms with Crippen LogP contribution < -0.4 is 10.2 Å². The summed E-state index contributed by atoms with van der Waals surface area (Å²) in [4.78, 5) is 28.3. The highest BCUT2D eigenvalue weighted by molar-refractivity contribution is 5.90. The van der Waals surface area contributed by atoms with E-state index < -0.39 is 23.8 Å². The Morgan fingerprint density at radius 2 is 2.11 bits per heavy atom. The summed E-state index contributed by atoms with van der Waals surface area (Å²) < 4.78 is 36.6. The van der Waals surface area contributed by atoms with Crippen LogP contribution in [0.25, 0.3) is 5.57 Å². The van der Waals surface area contributed by atoms with E-state index in [1.165, 1.54) is 6.92 Å². The predicted octanol–water partition coefficient (Wildman–Crippen LogP) is 2.26. The van der Waals surface area contributed by atoms with Gasteiger partial charge in [0.05, 0.1) is 25.1 Å². The van der Waals surface area contributed by atoms with Crippen molar-refractivity contribution < 1.29 is 23.1 Å². The second kappa shape index (κ2) is 7.06. The smallest absolute Gasteiger partial charge is 0.414 e. The monoisotopic (exact) mass is 388 g/mol. The Balaban J connectivity index is 1.56. The molecule has 0 bridgehead atoms. The molecule has 1 N–H and O–H groups in total. The minimum Gasteiger partial charge on any atom is -0.442 e. The van der Waals surface area contributed by atoms with Crippen molar-refractivity contribution in [2.75, 3.05) is 18.0 Å². The lowest BCUT2D eigenvalue weighted by Crippen LogP contribution is -2.33. The molecule has 2 aromatic rings. The maximum Gasteiger partial charge on any atom is 0.414 e. The molecular weight excluding hydrogens is 370 g/mol. The molecule has 3 heterocycles. The van der Waals surface area contributed by atoms with Crippen LogP contribution in [0.15, 0.2) is 30.7 Å². The number of carbonyl (C=O) groups excluding carboxylic acids is 2. The molecule has 1 aromatic carbocycles. The fourth-order valence-electron chi connectivity index (χ4n) is 3.44. The van der Waals surface area contributed by atoms with Gasteiger partial charge in [-0.15, -0.1) is 0 Å². The van der Waals surface area contributed by atoms with Gasteiger partial charge in [-0.25, -0.2) is 18.6 Å². The quantitative estimate of drug-likeness (QED) is 0.872. The SMILES string of the molecule is CC(=O)NC[C@H]1CN(c2cc(F)c(C3=CCn4cncc4C3)c(F)c2)C(=O)O1. The molecular formula is C19H18F2N4O3. The number of imidazole rings is 1. The van der Waals surface area contributed by atoms with Crippen LogP contribution in [0.1, 0.15) is 18.2 Å². The first-order valence-corrected chi connectivity index (χ1v) is 8.82. The van der Waals surface area contributed by atoms with Crippen molar-refractivity contribution in [3.63, 3.8) is 0 Å². The summed E-state index contributed by atoms with van der Waals surface area (Å²) >= 11 is 0. The van der Waals surface area contributed by atoms with Crippen molar-refractivity contribution >= 4 is 23.3 Å². The van der Waals surface area contributed by atoms with Crippen LogP contribution >= 0.6 is 0 Å². The van der Waals surface area contributed by atoms with Crippen LogP contribution in [0.4, 0.5) is 19.3 Å².